The van der Waals surface area contributed by atoms with Crippen LogP contribution < -0.4 is 11.1 Å². The molecule has 10 nitrogen and oxygen atoms in total. The summed E-state index contributed by atoms with van der Waals surface area (Å²) >= 11 is 2.51. The molecule has 0 saturated carbocycles. The third-order valence-electron chi connectivity index (χ3n) is 3.62. The number of carboxylic acids is 1. The summed E-state index contributed by atoms with van der Waals surface area (Å²) in [6.45, 7) is 1.96. The lowest BCUT2D eigenvalue weighted by atomic mass is 10.0. The van der Waals surface area contributed by atoms with E-state index in [-0.39, 0.29) is 28.8 Å². The number of aliphatic carboxylic acids is 1. The molecule has 2 amide bonds. The van der Waals surface area contributed by atoms with Gasteiger partial charge in [0.05, 0.1) is 0 Å². The molecule has 1 fully saturated rings. The quantitative estimate of drug-likeness (QED) is 0.341. The van der Waals surface area contributed by atoms with E-state index in [0.29, 0.717) is 5.75 Å². The SMILES string of the molecule is CCON=C(C(=O)NC1C(=O)N2C(C(=O)O)=CCS[C@H]12)c1csc(N)n1. The number of carbonyl (C=O) groups excluding carboxylic acids is 2. The van der Waals surface area contributed by atoms with Crippen molar-refractivity contribution in [2.45, 2.75) is 18.3 Å². The summed E-state index contributed by atoms with van der Waals surface area (Å²) in [6.07, 6.45) is 1.47. The van der Waals surface area contributed by atoms with Crippen molar-refractivity contribution in [1.82, 2.24) is 15.2 Å². The minimum absolute atomic E-state index is 0.0697. The Kier molecular flexibility index (Phi) is 5.13. The molecule has 1 aromatic rings. The van der Waals surface area contributed by atoms with Gasteiger partial charge in [-0.2, -0.15) is 0 Å². The summed E-state index contributed by atoms with van der Waals surface area (Å²) in [5.74, 6) is -1.87. The van der Waals surface area contributed by atoms with Gasteiger partial charge in [0.1, 0.15) is 29.4 Å². The molecule has 3 rings (SSSR count). The number of carboxylic acid groups (broad SMARTS) is 1. The molecule has 12 heteroatoms. The highest BCUT2D eigenvalue weighted by molar-refractivity contribution is 8.00. The standard InChI is InChI=1S/C14H15N5O5S2/c1-2-24-18-8(6-5-26-14(15)16-6)10(20)17-9-11(21)19-7(13(22)23)3-4-25-12(9)19/h3,5,9,12H,2,4H2,1H3,(H2,15,16)(H,17,20)(H,22,23)/t9?,12-/m1/s1. The second-order valence-corrected chi connectivity index (χ2v) is 7.25. The second kappa shape index (κ2) is 7.33. The number of nitrogens with one attached hydrogen (secondary N) is 1. The van der Waals surface area contributed by atoms with Crippen LogP contribution in [0.4, 0.5) is 5.13 Å². The van der Waals surface area contributed by atoms with Gasteiger partial charge in [-0.1, -0.05) is 5.16 Å². The highest BCUT2D eigenvalue weighted by Crippen LogP contribution is 2.37. The fraction of sp³-hybridized carbons (Fsp3) is 0.357. The Morgan fingerprint density at radius 1 is 1.58 bits per heavy atom. The Bertz CT molecular complexity index is 820. The highest BCUT2D eigenvalue weighted by atomic mass is 32.2. The van der Waals surface area contributed by atoms with Crippen LogP contribution in [0.2, 0.25) is 0 Å². The Hall–Kier alpha value is -2.60. The van der Waals surface area contributed by atoms with E-state index < -0.39 is 29.2 Å². The zero-order valence-corrected chi connectivity index (χ0v) is 15.2. The lowest BCUT2D eigenvalue weighted by Gasteiger charge is -2.48. The Morgan fingerprint density at radius 2 is 2.35 bits per heavy atom. The summed E-state index contributed by atoms with van der Waals surface area (Å²) < 4.78 is 0. The first-order valence-electron chi connectivity index (χ1n) is 7.54. The van der Waals surface area contributed by atoms with Crippen LogP contribution in [0.1, 0.15) is 12.6 Å². The van der Waals surface area contributed by atoms with Crippen molar-refractivity contribution in [2.75, 3.05) is 18.1 Å². The molecular weight excluding hydrogens is 382 g/mol. The molecule has 0 aromatic carbocycles. The van der Waals surface area contributed by atoms with Crippen LogP contribution in [0, 0.1) is 0 Å². The van der Waals surface area contributed by atoms with Crippen molar-refractivity contribution in [1.29, 1.82) is 0 Å². The zero-order valence-electron chi connectivity index (χ0n) is 13.5. The van der Waals surface area contributed by atoms with Crippen molar-refractivity contribution in [3.63, 3.8) is 0 Å². The molecule has 26 heavy (non-hydrogen) atoms. The van der Waals surface area contributed by atoms with Gasteiger partial charge in [-0.3, -0.25) is 14.5 Å². The van der Waals surface area contributed by atoms with Gasteiger partial charge < -0.3 is 21.0 Å². The molecule has 0 spiro atoms. The first kappa shape index (κ1) is 18.2. The predicted molar refractivity (Wildman–Crippen MR) is 95.4 cm³/mol. The van der Waals surface area contributed by atoms with Crippen molar-refractivity contribution in [3.05, 3.63) is 22.8 Å². The minimum Gasteiger partial charge on any atom is -0.477 e. The summed E-state index contributed by atoms with van der Waals surface area (Å²) in [5, 5.41) is 16.9. The third kappa shape index (κ3) is 3.24. The van der Waals surface area contributed by atoms with E-state index in [1.165, 1.54) is 22.7 Å². The molecule has 1 aromatic heterocycles. The van der Waals surface area contributed by atoms with Gasteiger partial charge in [-0.05, 0) is 13.0 Å². The second-order valence-electron chi connectivity index (χ2n) is 5.21. The number of β-lactam (4-membered cyclic amide) rings is 1. The molecule has 138 valence electrons. The lowest BCUT2D eigenvalue weighted by Crippen LogP contribution is -2.70. The Labute approximate surface area is 156 Å². The number of carbonyl (C=O) groups is 3. The molecule has 1 saturated heterocycles. The number of anilines is 1. The monoisotopic (exact) mass is 397 g/mol. The van der Waals surface area contributed by atoms with Gasteiger partial charge in [-0.15, -0.1) is 23.1 Å². The van der Waals surface area contributed by atoms with Gasteiger partial charge in [0, 0.05) is 11.1 Å². The third-order valence-corrected chi connectivity index (χ3v) is 5.47. The number of nitrogens with zero attached hydrogens (tertiary/aromatic N) is 3. The van der Waals surface area contributed by atoms with Gasteiger partial charge in [0.2, 0.25) is 0 Å². The first-order chi connectivity index (χ1) is 12.4. The van der Waals surface area contributed by atoms with Crippen LogP contribution in [-0.4, -0.2) is 62.3 Å². The zero-order chi connectivity index (χ0) is 18.8. The lowest BCUT2D eigenvalue weighted by molar-refractivity contribution is -0.150. The highest BCUT2D eigenvalue weighted by Gasteiger charge is 2.53. The van der Waals surface area contributed by atoms with Crippen LogP contribution >= 0.6 is 23.1 Å². The fourth-order valence-electron chi connectivity index (χ4n) is 2.48. The maximum Gasteiger partial charge on any atom is 0.352 e. The molecule has 1 unspecified atom stereocenters. The van der Waals surface area contributed by atoms with E-state index in [9.17, 15) is 14.4 Å². The van der Waals surface area contributed by atoms with Gasteiger partial charge in [0.25, 0.3) is 11.8 Å². The Balaban J connectivity index is 1.76. The molecule has 0 aliphatic carbocycles. The van der Waals surface area contributed by atoms with Gasteiger partial charge in [-0.25, -0.2) is 9.78 Å². The molecule has 2 aliphatic rings. The van der Waals surface area contributed by atoms with E-state index >= 15 is 0 Å². The maximum absolute atomic E-state index is 12.6. The number of oxime groups is 1. The van der Waals surface area contributed by atoms with Crippen molar-refractivity contribution < 1.29 is 24.3 Å². The minimum atomic E-state index is -1.18. The number of thiazole rings is 1. The van der Waals surface area contributed by atoms with Crippen LogP contribution in [0.3, 0.4) is 0 Å². The van der Waals surface area contributed by atoms with E-state index in [0.717, 1.165) is 11.3 Å². The average Bonchev–Trinajstić information content (AvgIpc) is 3.05. The van der Waals surface area contributed by atoms with Crippen LogP contribution in [0.15, 0.2) is 22.3 Å². The van der Waals surface area contributed by atoms with E-state index in [1.807, 2.05) is 0 Å². The molecular formula is C14H15N5O5S2. The normalized spacial score (nSPS) is 22.2. The van der Waals surface area contributed by atoms with Crippen molar-refractivity contribution in [2.24, 2.45) is 5.16 Å². The number of fused-ring (bicyclic) bond motifs is 1. The van der Waals surface area contributed by atoms with E-state index in [4.69, 9.17) is 15.7 Å². The maximum atomic E-state index is 12.6. The number of hydrogen-bond donors (Lipinski definition) is 3. The number of nitrogens with two attached hydrogens (primary N) is 1. The summed E-state index contributed by atoms with van der Waals surface area (Å²) in [6, 6.07) is -0.849. The van der Waals surface area contributed by atoms with E-state index in [2.05, 4.69) is 15.5 Å². The topological polar surface area (TPSA) is 147 Å². The van der Waals surface area contributed by atoms with E-state index in [1.54, 1.807) is 12.3 Å². The average molecular weight is 397 g/mol. The van der Waals surface area contributed by atoms with Crippen LogP contribution in [0.5, 0.6) is 0 Å². The number of nitrogen functional groups attached to an aromatic ring is 1. The number of rotatable bonds is 6. The molecule has 2 atom stereocenters. The number of amides is 2. The fourth-order valence-corrected chi connectivity index (χ4v) is 4.22. The van der Waals surface area contributed by atoms with Crippen LogP contribution in [-0.2, 0) is 19.2 Å². The number of hydrogen-bond acceptors (Lipinski definition) is 9. The van der Waals surface area contributed by atoms with Crippen molar-refractivity contribution >= 4 is 51.7 Å². The molecule has 3 heterocycles. The summed E-state index contributed by atoms with van der Waals surface area (Å²) in [4.78, 5) is 46.3. The Morgan fingerprint density at radius 3 is 2.96 bits per heavy atom. The smallest absolute Gasteiger partial charge is 0.352 e. The number of thioether (sulfide) groups is 1. The van der Waals surface area contributed by atoms with Crippen molar-refractivity contribution in [3.8, 4) is 0 Å². The summed E-state index contributed by atoms with van der Waals surface area (Å²) in [7, 11) is 0. The molecule has 0 radical (unpaired) electrons. The van der Waals surface area contributed by atoms with Gasteiger partial charge in [0.15, 0.2) is 10.8 Å². The van der Waals surface area contributed by atoms with Gasteiger partial charge >= 0.3 is 5.97 Å². The number of aromatic nitrogens is 1. The van der Waals surface area contributed by atoms with Crippen LogP contribution in [0.25, 0.3) is 0 Å². The largest absolute Gasteiger partial charge is 0.477 e. The molecule has 2 aliphatic heterocycles. The first-order valence-corrected chi connectivity index (χ1v) is 9.47. The summed E-state index contributed by atoms with van der Waals surface area (Å²) in [5.41, 5.74) is 5.66. The molecule has 0 bridgehead atoms. The predicted octanol–water partition coefficient (Wildman–Crippen LogP) is -0.166. The molecule has 4 N–H and O–H groups in total.